The molecule has 2 aromatic carbocycles. The van der Waals surface area contributed by atoms with E-state index in [1.54, 1.807) is 0 Å². The van der Waals surface area contributed by atoms with E-state index in [1.807, 2.05) is 49.2 Å². The quantitative estimate of drug-likeness (QED) is 0.354. The lowest BCUT2D eigenvalue weighted by Crippen LogP contribution is -2.57. The fraction of sp³-hybridized carbons (Fsp3) is 0.375. The number of hydrogen-bond donors (Lipinski definition) is 2. The number of hydrogen-bond acceptors (Lipinski definition) is 4. The van der Waals surface area contributed by atoms with Gasteiger partial charge in [0.15, 0.2) is 0 Å². The topological polar surface area (TPSA) is 78.1 Å². The van der Waals surface area contributed by atoms with Crippen LogP contribution in [-0.2, 0) is 4.79 Å². The number of rotatable bonds is 7. The molecule has 1 aliphatic carbocycles. The van der Waals surface area contributed by atoms with Gasteiger partial charge in [-0.1, -0.05) is 18.2 Å². The summed E-state index contributed by atoms with van der Waals surface area (Å²) in [6.45, 7) is 2.61. The van der Waals surface area contributed by atoms with Crippen molar-refractivity contribution >= 4 is 23.1 Å². The maximum Gasteiger partial charge on any atom is 0.255 e. The first-order chi connectivity index (χ1) is 14.5. The number of amides is 1. The van der Waals surface area contributed by atoms with Crippen LogP contribution in [0.2, 0.25) is 0 Å². The molecule has 0 spiro atoms. The zero-order valence-electron chi connectivity index (χ0n) is 17.6. The molecule has 6 nitrogen and oxygen atoms in total. The molecular weight excluding hydrogens is 376 g/mol. The monoisotopic (exact) mass is 404 g/mol. The zero-order valence-corrected chi connectivity index (χ0v) is 17.6. The average Bonchev–Trinajstić information content (AvgIpc) is 3.40. The maximum atomic E-state index is 13.2. The summed E-state index contributed by atoms with van der Waals surface area (Å²) in [5.74, 6) is 0.00295. The number of nitrogens with zero attached hydrogens (tertiary/aromatic N) is 2. The van der Waals surface area contributed by atoms with Crippen molar-refractivity contribution in [1.82, 2.24) is 20.4 Å². The molecule has 0 radical (unpaired) electrons. The number of carbonyl (C=O) groups is 2. The number of fused-ring (bicyclic) bond motifs is 1. The largest absolute Gasteiger partial charge is 0.323 e. The Hall–Kier alpha value is -2.99. The minimum Gasteiger partial charge on any atom is -0.323 e. The number of carbonyl (C=O) groups excluding carboxylic acids is 2. The number of aromatic nitrogens is 2. The second-order valence-electron chi connectivity index (χ2n) is 8.14. The lowest BCUT2D eigenvalue weighted by atomic mass is 10.0. The van der Waals surface area contributed by atoms with Crippen LogP contribution in [0.1, 0.15) is 48.2 Å². The molecule has 1 amide bonds. The third-order valence-electron chi connectivity index (χ3n) is 6.30. The molecule has 1 fully saturated rings. The SMILES string of the molecule is Cc1[nH]nc2ccc(-c3ccc(C(=O)N(C)C4(NCCC=O)CCCC4)cc3)cc12. The standard InChI is InChI=1S/C24H28N4O2/c1-17-21-16-20(10-11-22(21)27-26-17)18-6-8-19(9-7-18)23(30)28(2)24(12-3-4-13-24)25-14-5-15-29/h6-11,15-16,25H,3-5,12-14H2,1-2H3,(H,26,27). The number of aldehydes is 1. The van der Waals surface area contributed by atoms with Crippen molar-refractivity contribution in [1.29, 1.82) is 0 Å². The average molecular weight is 405 g/mol. The minimum absolute atomic E-state index is 0.00295. The summed E-state index contributed by atoms with van der Waals surface area (Å²) in [5, 5.41) is 11.9. The molecule has 1 aromatic heterocycles. The van der Waals surface area contributed by atoms with Crippen LogP contribution in [0.3, 0.4) is 0 Å². The van der Waals surface area contributed by atoms with E-state index in [1.165, 1.54) is 0 Å². The number of aryl methyl sites for hydroxylation is 1. The van der Waals surface area contributed by atoms with Crippen molar-refractivity contribution in [3.05, 3.63) is 53.7 Å². The van der Waals surface area contributed by atoms with Gasteiger partial charge in [-0.05, 0) is 68.0 Å². The van der Waals surface area contributed by atoms with Crippen LogP contribution in [-0.4, -0.2) is 46.5 Å². The highest BCUT2D eigenvalue weighted by molar-refractivity contribution is 5.95. The smallest absolute Gasteiger partial charge is 0.255 e. The van der Waals surface area contributed by atoms with E-state index < -0.39 is 0 Å². The first-order valence-electron chi connectivity index (χ1n) is 10.6. The summed E-state index contributed by atoms with van der Waals surface area (Å²) in [5.41, 5.74) is 4.48. The number of aromatic amines is 1. The van der Waals surface area contributed by atoms with Crippen LogP contribution in [0, 0.1) is 6.92 Å². The van der Waals surface area contributed by atoms with Crippen LogP contribution < -0.4 is 5.32 Å². The Balaban J connectivity index is 1.54. The molecule has 0 aliphatic heterocycles. The van der Waals surface area contributed by atoms with Gasteiger partial charge in [-0.25, -0.2) is 0 Å². The van der Waals surface area contributed by atoms with E-state index in [2.05, 4.69) is 27.6 Å². The van der Waals surface area contributed by atoms with Gasteiger partial charge < -0.3 is 9.69 Å². The van der Waals surface area contributed by atoms with Gasteiger partial charge in [-0.3, -0.25) is 15.2 Å². The Morgan fingerprint density at radius 2 is 1.87 bits per heavy atom. The normalized spacial score (nSPS) is 15.4. The molecule has 156 valence electrons. The van der Waals surface area contributed by atoms with Crippen molar-refractivity contribution in [2.24, 2.45) is 0 Å². The van der Waals surface area contributed by atoms with Gasteiger partial charge >= 0.3 is 0 Å². The first-order valence-corrected chi connectivity index (χ1v) is 10.6. The van der Waals surface area contributed by atoms with Crippen molar-refractivity contribution in [2.75, 3.05) is 13.6 Å². The summed E-state index contributed by atoms with van der Waals surface area (Å²) in [7, 11) is 1.87. The highest BCUT2D eigenvalue weighted by Gasteiger charge is 2.39. The lowest BCUT2D eigenvalue weighted by molar-refractivity contribution is -0.107. The molecule has 1 saturated carbocycles. The van der Waals surface area contributed by atoms with Gasteiger partial charge in [0.1, 0.15) is 6.29 Å². The highest BCUT2D eigenvalue weighted by atomic mass is 16.2. The van der Waals surface area contributed by atoms with E-state index in [-0.39, 0.29) is 11.6 Å². The van der Waals surface area contributed by atoms with E-state index in [0.717, 1.165) is 59.7 Å². The summed E-state index contributed by atoms with van der Waals surface area (Å²) >= 11 is 0. The highest BCUT2D eigenvalue weighted by Crippen LogP contribution is 2.33. The molecule has 30 heavy (non-hydrogen) atoms. The van der Waals surface area contributed by atoms with Gasteiger partial charge in [-0.2, -0.15) is 5.10 Å². The van der Waals surface area contributed by atoms with Crippen molar-refractivity contribution in [3.63, 3.8) is 0 Å². The van der Waals surface area contributed by atoms with E-state index in [4.69, 9.17) is 0 Å². The molecule has 6 heteroatoms. The van der Waals surface area contributed by atoms with Crippen LogP contribution in [0.25, 0.3) is 22.0 Å². The third kappa shape index (κ3) is 3.75. The van der Waals surface area contributed by atoms with Crippen LogP contribution >= 0.6 is 0 Å². The van der Waals surface area contributed by atoms with Crippen molar-refractivity contribution in [2.45, 2.75) is 44.7 Å². The molecular formula is C24H28N4O2. The lowest BCUT2D eigenvalue weighted by Gasteiger charge is -2.40. The van der Waals surface area contributed by atoms with E-state index >= 15 is 0 Å². The van der Waals surface area contributed by atoms with Crippen LogP contribution in [0.4, 0.5) is 0 Å². The van der Waals surface area contributed by atoms with E-state index in [0.29, 0.717) is 18.5 Å². The number of H-pyrrole nitrogens is 1. The number of benzene rings is 2. The molecule has 3 aromatic rings. The maximum absolute atomic E-state index is 13.2. The predicted molar refractivity (Wildman–Crippen MR) is 118 cm³/mol. The third-order valence-corrected chi connectivity index (χ3v) is 6.30. The number of nitrogens with one attached hydrogen (secondary N) is 2. The van der Waals surface area contributed by atoms with Crippen molar-refractivity contribution in [3.8, 4) is 11.1 Å². The Bertz CT molecular complexity index is 1050. The van der Waals surface area contributed by atoms with Crippen molar-refractivity contribution < 1.29 is 9.59 Å². The summed E-state index contributed by atoms with van der Waals surface area (Å²) < 4.78 is 0. The molecule has 1 heterocycles. The van der Waals surface area contributed by atoms with Gasteiger partial charge in [0.25, 0.3) is 5.91 Å². The predicted octanol–water partition coefficient (Wildman–Crippen LogP) is 4.06. The second-order valence-corrected chi connectivity index (χ2v) is 8.14. The van der Waals surface area contributed by atoms with Crippen LogP contribution in [0.15, 0.2) is 42.5 Å². The van der Waals surface area contributed by atoms with Gasteiger partial charge in [-0.15, -0.1) is 0 Å². The first kappa shape index (κ1) is 20.3. The fourth-order valence-corrected chi connectivity index (χ4v) is 4.47. The Labute approximate surface area is 176 Å². The van der Waals surface area contributed by atoms with Gasteiger partial charge in [0.05, 0.1) is 11.2 Å². The fourth-order valence-electron chi connectivity index (χ4n) is 4.47. The summed E-state index contributed by atoms with van der Waals surface area (Å²) in [6, 6.07) is 14.0. The Morgan fingerprint density at radius 1 is 1.17 bits per heavy atom. The molecule has 0 unspecified atom stereocenters. The Morgan fingerprint density at radius 3 is 2.57 bits per heavy atom. The molecule has 0 atom stereocenters. The molecule has 0 saturated heterocycles. The summed E-state index contributed by atoms with van der Waals surface area (Å²) in [4.78, 5) is 25.7. The minimum atomic E-state index is -0.359. The molecule has 4 rings (SSSR count). The molecule has 0 bridgehead atoms. The molecule has 1 aliphatic rings. The van der Waals surface area contributed by atoms with Crippen LogP contribution in [0.5, 0.6) is 0 Å². The zero-order chi connectivity index (χ0) is 21.1. The van der Waals surface area contributed by atoms with E-state index in [9.17, 15) is 9.59 Å². The van der Waals surface area contributed by atoms with Gasteiger partial charge in [0.2, 0.25) is 0 Å². The second kappa shape index (κ2) is 8.40. The molecule has 2 N–H and O–H groups in total. The summed E-state index contributed by atoms with van der Waals surface area (Å²) in [6.07, 6.45) is 5.37. The van der Waals surface area contributed by atoms with Gasteiger partial charge in [0, 0.05) is 36.7 Å². The Kier molecular flexibility index (Phi) is 5.68.